The zero-order chi connectivity index (χ0) is 26.8. The minimum atomic E-state index is -4.07. The molecule has 12 heteroatoms. The van der Waals surface area contributed by atoms with Gasteiger partial charge in [-0.25, -0.2) is 8.37 Å². The third-order valence-electron chi connectivity index (χ3n) is 5.58. The van der Waals surface area contributed by atoms with E-state index in [9.17, 15) is 16.8 Å². The zero-order valence-electron chi connectivity index (χ0n) is 22.6. The van der Waals surface area contributed by atoms with Crippen LogP contribution in [0.1, 0.15) is 129 Å². The molecule has 0 bridgehead atoms. The summed E-state index contributed by atoms with van der Waals surface area (Å²) in [5, 5.41) is 0. The average molecular weight is 561 g/mol. The Kier molecular flexibility index (Phi) is 24.7. The molecule has 0 saturated carbocycles. The van der Waals surface area contributed by atoms with Gasteiger partial charge in [-0.1, -0.05) is 104 Å². The van der Waals surface area contributed by atoms with Crippen molar-refractivity contribution in [3.05, 3.63) is 0 Å². The number of hydrogen-bond acceptors (Lipinski definition) is 10. The molecule has 0 aromatic heterocycles. The molecule has 36 heavy (non-hydrogen) atoms. The van der Waals surface area contributed by atoms with E-state index < -0.39 is 20.8 Å². The van der Waals surface area contributed by atoms with Crippen LogP contribution in [0.2, 0.25) is 0 Å². The van der Waals surface area contributed by atoms with Gasteiger partial charge in [0.25, 0.3) is 0 Å². The summed E-state index contributed by atoms with van der Waals surface area (Å²) < 4.78 is 65.4. The summed E-state index contributed by atoms with van der Waals surface area (Å²) in [5.41, 5.74) is 4.70. The molecule has 0 amide bonds. The molecule has 0 unspecified atom stereocenters. The molecule has 218 valence electrons. The summed E-state index contributed by atoms with van der Waals surface area (Å²) in [5.74, 6) is 0. The molecule has 0 fully saturated rings. The highest BCUT2D eigenvalue weighted by molar-refractivity contribution is 7.82. The topological polar surface area (TPSA) is 129 Å². The second-order valence-corrected chi connectivity index (χ2v) is 11.5. The lowest BCUT2D eigenvalue weighted by Gasteiger charge is -2.08. The van der Waals surface area contributed by atoms with Crippen molar-refractivity contribution in [1.82, 2.24) is 11.0 Å². The van der Waals surface area contributed by atoms with Crippen LogP contribution in [-0.4, -0.2) is 43.1 Å². The largest absolute Gasteiger partial charge is 0.416 e. The van der Waals surface area contributed by atoms with E-state index in [0.717, 1.165) is 25.7 Å². The van der Waals surface area contributed by atoms with Gasteiger partial charge in [0.05, 0.1) is 13.2 Å². The highest BCUT2D eigenvalue weighted by Crippen LogP contribution is 2.10. The maximum absolute atomic E-state index is 11.7. The Morgan fingerprint density at radius 2 is 0.750 bits per heavy atom. The van der Waals surface area contributed by atoms with Gasteiger partial charge in [0, 0.05) is 13.1 Å². The van der Waals surface area contributed by atoms with E-state index in [2.05, 4.69) is 33.4 Å². The van der Waals surface area contributed by atoms with Crippen molar-refractivity contribution in [3.63, 3.8) is 0 Å². The van der Waals surface area contributed by atoms with Gasteiger partial charge in [0.1, 0.15) is 0 Å². The van der Waals surface area contributed by atoms with Crippen LogP contribution in [0.25, 0.3) is 0 Å². The van der Waals surface area contributed by atoms with Gasteiger partial charge in [-0.15, -0.1) is 0 Å². The molecule has 0 aliphatic heterocycles. The van der Waals surface area contributed by atoms with Crippen LogP contribution >= 0.6 is 0 Å². The maximum atomic E-state index is 11.7. The van der Waals surface area contributed by atoms with Crippen molar-refractivity contribution in [1.29, 1.82) is 0 Å². The number of hydroxylamine groups is 2. The number of unbranched alkanes of at least 4 members (excludes halogenated alkanes) is 15. The second-order valence-electron chi connectivity index (χ2n) is 9.07. The molecule has 0 heterocycles. The van der Waals surface area contributed by atoms with Crippen molar-refractivity contribution in [2.45, 2.75) is 129 Å². The van der Waals surface area contributed by atoms with Crippen LogP contribution in [0.15, 0.2) is 0 Å². The quantitative estimate of drug-likeness (QED) is 0.0879. The van der Waals surface area contributed by atoms with Gasteiger partial charge in [-0.2, -0.15) is 36.4 Å². The van der Waals surface area contributed by atoms with Gasteiger partial charge < -0.3 is 0 Å². The molecule has 0 atom stereocenters. The highest BCUT2D eigenvalue weighted by Gasteiger charge is 2.13. The van der Waals surface area contributed by atoms with Crippen molar-refractivity contribution in [2.75, 3.05) is 26.3 Å². The van der Waals surface area contributed by atoms with E-state index in [-0.39, 0.29) is 26.3 Å². The normalized spacial score (nSPS) is 12.4. The molecule has 10 nitrogen and oxygen atoms in total. The lowest BCUT2D eigenvalue weighted by atomic mass is 10.1. The Bertz CT molecular complexity index is 618. The summed E-state index contributed by atoms with van der Waals surface area (Å²) in [6.45, 7) is 5.09. The Balaban J connectivity index is 3.53. The molecule has 0 aliphatic carbocycles. The minimum absolute atomic E-state index is 0.107. The minimum Gasteiger partial charge on any atom is -0.247 e. The summed E-state index contributed by atoms with van der Waals surface area (Å²) in [7, 11) is -8.14. The maximum Gasteiger partial charge on any atom is 0.416 e. The number of hydrogen-bond donors (Lipinski definition) is 2. The smallest absolute Gasteiger partial charge is 0.247 e. The van der Waals surface area contributed by atoms with E-state index in [4.69, 9.17) is 8.37 Å². The lowest BCUT2D eigenvalue weighted by Crippen LogP contribution is -2.25. The van der Waals surface area contributed by atoms with Gasteiger partial charge in [-0.05, 0) is 25.7 Å². The zero-order valence-corrected chi connectivity index (χ0v) is 24.3. The van der Waals surface area contributed by atoms with Gasteiger partial charge in [0.15, 0.2) is 0 Å². The fourth-order valence-electron chi connectivity index (χ4n) is 3.46. The SMILES string of the molecule is CCCCCCCCCCOS(=O)(=O)ONCCCCNOS(=O)(=O)OCCCCCCCCCC. The van der Waals surface area contributed by atoms with Crippen molar-refractivity contribution < 1.29 is 33.8 Å². The average Bonchev–Trinajstić information content (AvgIpc) is 2.83. The predicted molar refractivity (Wildman–Crippen MR) is 142 cm³/mol. The summed E-state index contributed by atoms with van der Waals surface area (Å²) in [4.78, 5) is 0. The first kappa shape index (κ1) is 35.7. The molecule has 0 aromatic rings. The van der Waals surface area contributed by atoms with E-state index >= 15 is 0 Å². The van der Waals surface area contributed by atoms with Crippen molar-refractivity contribution >= 4 is 20.8 Å². The molecule has 0 saturated heterocycles. The summed E-state index contributed by atoms with van der Waals surface area (Å²) in [6.07, 6.45) is 18.7. The molecule has 0 aromatic carbocycles. The van der Waals surface area contributed by atoms with Gasteiger partial charge >= 0.3 is 20.8 Å². The van der Waals surface area contributed by atoms with E-state index in [1.54, 1.807) is 0 Å². The summed E-state index contributed by atoms with van der Waals surface area (Å²) >= 11 is 0. The van der Waals surface area contributed by atoms with Crippen molar-refractivity contribution in [3.8, 4) is 0 Å². The van der Waals surface area contributed by atoms with Crippen LogP contribution in [-0.2, 0) is 37.7 Å². The van der Waals surface area contributed by atoms with Crippen LogP contribution in [0.3, 0.4) is 0 Å². The van der Waals surface area contributed by atoms with E-state index in [1.165, 1.54) is 64.2 Å². The van der Waals surface area contributed by atoms with Gasteiger partial charge in [-0.3, -0.25) is 0 Å². The second kappa shape index (κ2) is 25.0. The molecule has 2 N–H and O–H groups in total. The number of nitrogens with one attached hydrogen (secondary N) is 2. The molecule has 0 aliphatic rings. The Hall–Kier alpha value is -0.340. The lowest BCUT2D eigenvalue weighted by molar-refractivity contribution is 0.137. The monoisotopic (exact) mass is 560 g/mol. The first-order valence-corrected chi connectivity index (χ1v) is 16.6. The highest BCUT2D eigenvalue weighted by atomic mass is 32.3. The van der Waals surface area contributed by atoms with Crippen LogP contribution in [0.5, 0.6) is 0 Å². The van der Waals surface area contributed by atoms with Gasteiger partial charge in [0.2, 0.25) is 0 Å². The molecule has 0 radical (unpaired) electrons. The predicted octanol–water partition coefficient (Wildman–Crippen LogP) is 5.61. The third kappa shape index (κ3) is 26.7. The van der Waals surface area contributed by atoms with Crippen LogP contribution in [0.4, 0.5) is 0 Å². The van der Waals surface area contributed by atoms with Crippen LogP contribution < -0.4 is 11.0 Å². The molecule has 0 rings (SSSR count). The fraction of sp³-hybridized carbons (Fsp3) is 1.00. The standard InChI is InChI=1S/C24H52N2O8S2/c1-3-5-7-9-11-13-15-19-23-31-35(27,28)33-25-21-17-18-22-26-34-36(29,30)32-24-20-16-14-12-10-8-6-4-2/h25-26H,3-24H2,1-2H3. The first-order chi connectivity index (χ1) is 17.3. The molecular formula is C24H52N2O8S2. The van der Waals surface area contributed by atoms with Crippen molar-refractivity contribution in [2.24, 2.45) is 0 Å². The molecule has 0 spiro atoms. The Morgan fingerprint density at radius 3 is 1.08 bits per heavy atom. The van der Waals surface area contributed by atoms with E-state index in [0.29, 0.717) is 25.7 Å². The fourth-order valence-corrected chi connectivity index (χ4v) is 4.66. The molecular weight excluding hydrogens is 508 g/mol. The van der Waals surface area contributed by atoms with E-state index in [1.807, 2.05) is 0 Å². The third-order valence-corrected chi connectivity index (χ3v) is 7.14. The summed E-state index contributed by atoms with van der Waals surface area (Å²) in [6, 6.07) is 0. The van der Waals surface area contributed by atoms with Crippen LogP contribution in [0, 0.1) is 0 Å². The first-order valence-electron chi connectivity index (χ1n) is 13.9. The Morgan fingerprint density at radius 1 is 0.444 bits per heavy atom. The number of rotatable bonds is 29. The Labute approximate surface area is 221 Å².